The lowest BCUT2D eigenvalue weighted by Gasteiger charge is -2.22. The predicted molar refractivity (Wildman–Crippen MR) is 100 cm³/mol. The lowest BCUT2D eigenvalue weighted by Crippen LogP contribution is -2.38. The van der Waals surface area contributed by atoms with E-state index in [-0.39, 0.29) is 12.1 Å². The third-order valence-electron chi connectivity index (χ3n) is 3.71. The van der Waals surface area contributed by atoms with E-state index in [9.17, 15) is 4.79 Å². The van der Waals surface area contributed by atoms with Crippen LogP contribution in [0.1, 0.15) is 31.0 Å². The zero-order chi connectivity index (χ0) is 17.5. The Kier molecular flexibility index (Phi) is 6.67. The second-order valence-corrected chi connectivity index (χ2v) is 6.57. The molecular weight excluding hydrogens is 368 g/mol. The van der Waals surface area contributed by atoms with E-state index in [2.05, 4.69) is 21.2 Å². The van der Waals surface area contributed by atoms with Crippen LogP contribution in [-0.2, 0) is 6.54 Å². The van der Waals surface area contributed by atoms with Gasteiger partial charge in [0.25, 0.3) is 0 Å². The van der Waals surface area contributed by atoms with Crippen LogP contribution in [0.4, 0.5) is 4.79 Å². The molecule has 5 heteroatoms. The summed E-state index contributed by atoms with van der Waals surface area (Å²) in [6.45, 7) is 5.13. The molecule has 0 aromatic heterocycles. The molecule has 1 unspecified atom stereocenters. The fraction of sp³-hybridized carbons (Fsp3) is 0.316. The maximum Gasteiger partial charge on any atom is 0.317 e. The Bertz CT molecular complexity index is 656. The van der Waals surface area contributed by atoms with E-state index in [1.165, 1.54) is 0 Å². The van der Waals surface area contributed by atoms with Crippen LogP contribution in [0.25, 0.3) is 0 Å². The molecule has 0 aliphatic rings. The molecule has 2 aromatic rings. The minimum atomic E-state index is -0.0979. The fourth-order valence-electron chi connectivity index (χ4n) is 2.33. The number of benzene rings is 2. The fourth-order valence-corrected chi connectivity index (χ4v) is 2.60. The summed E-state index contributed by atoms with van der Waals surface area (Å²) in [4.78, 5) is 14.0. The van der Waals surface area contributed by atoms with Crippen LogP contribution < -0.4 is 10.1 Å². The molecule has 0 saturated heterocycles. The molecule has 0 saturated carbocycles. The zero-order valence-corrected chi connectivity index (χ0v) is 15.8. The average molecular weight is 391 g/mol. The Morgan fingerprint density at radius 1 is 1.17 bits per heavy atom. The van der Waals surface area contributed by atoms with Crippen LogP contribution in [0.2, 0.25) is 0 Å². The van der Waals surface area contributed by atoms with Crippen LogP contribution in [0, 0.1) is 0 Å². The number of nitrogens with one attached hydrogen (secondary N) is 1. The standard InChI is InChI=1S/C19H23BrN2O2/c1-4-24-18-11-5-15(6-12-18)13-22(3)19(23)21-14(2)16-7-9-17(20)10-8-16/h5-12,14H,4,13H2,1-3H3,(H,21,23). The highest BCUT2D eigenvalue weighted by Crippen LogP contribution is 2.17. The lowest BCUT2D eigenvalue weighted by atomic mass is 10.1. The largest absolute Gasteiger partial charge is 0.494 e. The highest BCUT2D eigenvalue weighted by atomic mass is 79.9. The summed E-state index contributed by atoms with van der Waals surface area (Å²) < 4.78 is 6.45. The van der Waals surface area contributed by atoms with Gasteiger partial charge in [-0.2, -0.15) is 0 Å². The van der Waals surface area contributed by atoms with Crippen LogP contribution in [0.3, 0.4) is 0 Å². The molecule has 128 valence electrons. The van der Waals surface area contributed by atoms with Gasteiger partial charge in [-0.15, -0.1) is 0 Å². The molecule has 1 atom stereocenters. The third-order valence-corrected chi connectivity index (χ3v) is 4.24. The predicted octanol–water partition coefficient (Wildman–Crippen LogP) is 4.75. The Morgan fingerprint density at radius 2 is 1.79 bits per heavy atom. The van der Waals surface area contributed by atoms with Gasteiger partial charge in [0.2, 0.25) is 0 Å². The van der Waals surface area contributed by atoms with Gasteiger partial charge >= 0.3 is 6.03 Å². The molecule has 0 radical (unpaired) electrons. The van der Waals surface area contributed by atoms with Crippen molar-refractivity contribution in [1.82, 2.24) is 10.2 Å². The zero-order valence-electron chi connectivity index (χ0n) is 14.3. The number of halogens is 1. The number of ether oxygens (including phenoxy) is 1. The Hall–Kier alpha value is -2.01. The highest BCUT2D eigenvalue weighted by Gasteiger charge is 2.13. The maximum atomic E-state index is 12.3. The molecule has 0 heterocycles. The first-order chi connectivity index (χ1) is 11.5. The normalized spacial score (nSPS) is 11.7. The van der Waals surface area contributed by atoms with Crippen LogP contribution in [0.5, 0.6) is 5.75 Å². The number of amides is 2. The first-order valence-electron chi connectivity index (χ1n) is 7.98. The van der Waals surface area contributed by atoms with Crippen molar-refractivity contribution < 1.29 is 9.53 Å². The van der Waals surface area contributed by atoms with Gasteiger partial charge in [-0.05, 0) is 49.2 Å². The number of hydrogen-bond acceptors (Lipinski definition) is 2. The number of urea groups is 1. The van der Waals surface area contributed by atoms with Crippen molar-refractivity contribution in [2.24, 2.45) is 0 Å². The van der Waals surface area contributed by atoms with Gasteiger partial charge < -0.3 is 15.0 Å². The van der Waals surface area contributed by atoms with Gasteiger partial charge in [0.05, 0.1) is 12.6 Å². The van der Waals surface area contributed by atoms with Crippen molar-refractivity contribution in [3.63, 3.8) is 0 Å². The van der Waals surface area contributed by atoms with Gasteiger partial charge in [0.15, 0.2) is 0 Å². The second-order valence-electron chi connectivity index (χ2n) is 5.66. The van der Waals surface area contributed by atoms with Crippen LogP contribution in [-0.4, -0.2) is 24.6 Å². The molecular formula is C19H23BrN2O2. The van der Waals surface area contributed by atoms with Crippen molar-refractivity contribution in [3.05, 3.63) is 64.1 Å². The first kappa shape index (κ1) is 18.3. The number of rotatable bonds is 6. The molecule has 0 bridgehead atoms. The maximum absolute atomic E-state index is 12.3. The summed E-state index contributed by atoms with van der Waals surface area (Å²) in [5.74, 6) is 0.845. The van der Waals surface area contributed by atoms with E-state index in [0.29, 0.717) is 13.2 Å². The number of carbonyl (C=O) groups is 1. The molecule has 2 aromatic carbocycles. The van der Waals surface area contributed by atoms with E-state index in [0.717, 1.165) is 21.3 Å². The highest BCUT2D eigenvalue weighted by molar-refractivity contribution is 9.10. The number of hydrogen-bond donors (Lipinski definition) is 1. The van der Waals surface area contributed by atoms with Gasteiger partial charge in [0.1, 0.15) is 5.75 Å². The number of carbonyl (C=O) groups excluding carboxylic acids is 1. The van der Waals surface area contributed by atoms with E-state index in [4.69, 9.17) is 4.74 Å². The van der Waals surface area contributed by atoms with Crippen molar-refractivity contribution >= 4 is 22.0 Å². The monoisotopic (exact) mass is 390 g/mol. The van der Waals surface area contributed by atoms with Gasteiger partial charge in [-0.1, -0.05) is 40.2 Å². The Morgan fingerprint density at radius 3 is 2.38 bits per heavy atom. The third kappa shape index (κ3) is 5.27. The first-order valence-corrected chi connectivity index (χ1v) is 8.77. The molecule has 0 aliphatic carbocycles. The van der Waals surface area contributed by atoms with Gasteiger partial charge in [-0.25, -0.2) is 4.79 Å². The Balaban J connectivity index is 1.90. The quantitative estimate of drug-likeness (QED) is 0.772. The van der Waals surface area contributed by atoms with Crippen molar-refractivity contribution in [1.29, 1.82) is 0 Å². The van der Waals surface area contributed by atoms with Gasteiger partial charge in [0, 0.05) is 18.1 Å². The molecule has 2 amide bonds. The average Bonchev–Trinajstić information content (AvgIpc) is 2.57. The van der Waals surface area contributed by atoms with Crippen LogP contribution in [0.15, 0.2) is 53.0 Å². The molecule has 4 nitrogen and oxygen atoms in total. The van der Waals surface area contributed by atoms with Gasteiger partial charge in [-0.3, -0.25) is 0 Å². The van der Waals surface area contributed by atoms with E-state index in [1.807, 2.05) is 62.4 Å². The minimum absolute atomic E-state index is 0.0478. The smallest absolute Gasteiger partial charge is 0.317 e. The van der Waals surface area contributed by atoms with E-state index in [1.54, 1.807) is 11.9 Å². The number of nitrogens with zero attached hydrogens (tertiary/aromatic N) is 1. The van der Waals surface area contributed by atoms with E-state index < -0.39 is 0 Å². The minimum Gasteiger partial charge on any atom is -0.494 e. The van der Waals surface area contributed by atoms with Crippen molar-refractivity contribution in [3.8, 4) is 5.75 Å². The molecule has 1 N–H and O–H groups in total. The van der Waals surface area contributed by atoms with Crippen LogP contribution >= 0.6 is 15.9 Å². The van der Waals surface area contributed by atoms with E-state index >= 15 is 0 Å². The summed E-state index contributed by atoms with van der Waals surface area (Å²) in [5.41, 5.74) is 2.13. The summed E-state index contributed by atoms with van der Waals surface area (Å²) in [5, 5.41) is 3.01. The van der Waals surface area contributed by atoms with Crippen molar-refractivity contribution in [2.45, 2.75) is 26.4 Å². The molecule has 2 rings (SSSR count). The summed E-state index contributed by atoms with van der Waals surface area (Å²) >= 11 is 3.42. The molecule has 0 aliphatic heterocycles. The molecule has 0 fully saturated rings. The second kappa shape index (κ2) is 8.73. The lowest BCUT2D eigenvalue weighted by molar-refractivity contribution is 0.203. The summed E-state index contributed by atoms with van der Waals surface area (Å²) in [6, 6.07) is 15.6. The summed E-state index contributed by atoms with van der Waals surface area (Å²) in [7, 11) is 1.79. The Labute approximate surface area is 151 Å². The van der Waals surface area contributed by atoms with Crippen molar-refractivity contribution in [2.75, 3.05) is 13.7 Å². The molecule has 24 heavy (non-hydrogen) atoms. The molecule has 0 spiro atoms. The summed E-state index contributed by atoms with van der Waals surface area (Å²) in [6.07, 6.45) is 0. The SMILES string of the molecule is CCOc1ccc(CN(C)C(=O)NC(C)c2ccc(Br)cc2)cc1. The topological polar surface area (TPSA) is 41.6 Å².